The Bertz CT molecular complexity index is 634. The number of anilines is 1. The van der Waals surface area contributed by atoms with Gasteiger partial charge in [-0.2, -0.15) is 0 Å². The number of nitrogens with one attached hydrogen (secondary N) is 2. The van der Waals surface area contributed by atoms with Crippen LogP contribution in [0.15, 0.2) is 48.5 Å². The van der Waals surface area contributed by atoms with Crippen molar-refractivity contribution in [1.29, 1.82) is 0 Å². The first-order chi connectivity index (χ1) is 10.7. The first-order valence-electron chi connectivity index (χ1n) is 6.81. The second-order valence-electron chi connectivity index (χ2n) is 4.50. The molecule has 2 aromatic rings. The molecule has 0 atom stereocenters. The first-order valence-corrected chi connectivity index (χ1v) is 6.81. The van der Waals surface area contributed by atoms with Gasteiger partial charge in [0.2, 0.25) is 0 Å². The lowest BCUT2D eigenvalue weighted by Crippen LogP contribution is -2.28. The Balaban J connectivity index is 1.91. The predicted octanol–water partition coefficient (Wildman–Crippen LogP) is 2.52. The number of urea groups is 1. The van der Waals surface area contributed by atoms with Gasteiger partial charge in [-0.25, -0.2) is 9.18 Å². The van der Waals surface area contributed by atoms with Crippen molar-refractivity contribution in [2.45, 2.75) is 6.54 Å². The van der Waals surface area contributed by atoms with Crippen LogP contribution in [0.5, 0.6) is 5.75 Å². The van der Waals surface area contributed by atoms with Crippen LogP contribution in [0.25, 0.3) is 0 Å². The summed E-state index contributed by atoms with van der Waals surface area (Å²) in [7, 11) is 0. The molecule has 0 aliphatic heterocycles. The third-order valence-corrected chi connectivity index (χ3v) is 2.84. The van der Waals surface area contributed by atoms with Gasteiger partial charge in [-0.1, -0.05) is 24.3 Å². The van der Waals surface area contributed by atoms with Crippen LogP contribution >= 0.6 is 0 Å². The fraction of sp³-hybridized carbons (Fsp3) is 0.188. The number of amides is 2. The lowest BCUT2D eigenvalue weighted by molar-refractivity contribution is 0.200. The Hall–Kier alpha value is -2.60. The Labute approximate surface area is 127 Å². The zero-order valence-electron chi connectivity index (χ0n) is 11.9. The molecule has 0 radical (unpaired) electrons. The van der Waals surface area contributed by atoms with Crippen molar-refractivity contribution in [2.75, 3.05) is 18.5 Å². The molecule has 6 heteroatoms. The lowest BCUT2D eigenvalue weighted by Gasteiger charge is -2.12. The molecule has 3 N–H and O–H groups in total. The molecule has 0 unspecified atom stereocenters. The molecule has 0 fully saturated rings. The number of hydrogen-bond donors (Lipinski definition) is 3. The molecule has 116 valence electrons. The maximum Gasteiger partial charge on any atom is 0.319 e. The standard InChI is InChI=1S/C16H17FN2O3/c17-13-5-3-6-14(10-13)19-16(21)18-11-12-4-1-2-7-15(12)22-9-8-20/h1-7,10,20H,8-9,11H2,(H2,18,19,21). The SMILES string of the molecule is O=C(NCc1ccccc1OCCO)Nc1cccc(F)c1. The van der Waals surface area contributed by atoms with Crippen LogP contribution in [0.2, 0.25) is 0 Å². The molecule has 0 saturated carbocycles. The van der Waals surface area contributed by atoms with Crippen LogP contribution in [0, 0.1) is 5.82 Å². The van der Waals surface area contributed by atoms with Gasteiger partial charge in [0.15, 0.2) is 0 Å². The summed E-state index contributed by atoms with van der Waals surface area (Å²) in [6, 6.07) is 12.4. The van der Waals surface area contributed by atoms with E-state index in [1.807, 2.05) is 18.2 Å². The molecule has 2 rings (SSSR count). The van der Waals surface area contributed by atoms with E-state index in [2.05, 4.69) is 10.6 Å². The van der Waals surface area contributed by atoms with Crippen LogP contribution in [0.3, 0.4) is 0 Å². The molecule has 5 nitrogen and oxygen atoms in total. The number of ether oxygens (including phenoxy) is 1. The highest BCUT2D eigenvalue weighted by Crippen LogP contribution is 2.17. The number of carbonyl (C=O) groups excluding carboxylic acids is 1. The monoisotopic (exact) mass is 304 g/mol. The van der Waals surface area contributed by atoms with E-state index >= 15 is 0 Å². The van der Waals surface area contributed by atoms with Crippen molar-refractivity contribution in [3.8, 4) is 5.75 Å². The van der Waals surface area contributed by atoms with E-state index in [0.717, 1.165) is 5.56 Å². The Morgan fingerprint density at radius 3 is 2.77 bits per heavy atom. The highest BCUT2D eigenvalue weighted by molar-refractivity contribution is 5.89. The third kappa shape index (κ3) is 4.75. The van der Waals surface area contributed by atoms with E-state index in [0.29, 0.717) is 11.4 Å². The molecule has 0 spiro atoms. The molecule has 2 aromatic carbocycles. The van der Waals surface area contributed by atoms with Crippen LogP contribution in [0.1, 0.15) is 5.56 Å². The van der Waals surface area contributed by atoms with Gasteiger partial charge in [0.05, 0.1) is 6.61 Å². The number of halogens is 1. The second kappa shape index (κ2) is 7.99. The molecule has 22 heavy (non-hydrogen) atoms. The highest BCUT2D eigenvalue weighted by Gasteiger charge is 2.06. The normalized spacial score (nSPS) is 10.1. The van der Waals surface area contributed by atoms with Gasteiger partial charge in [0, 0.05) is 17.8 Å². The maximum absolute atomic E-state index is 13.0. The van der Waals surface area contributed by atoms with Crippen molar-refractivity contribution < 1.29 is 19.0 Å². The van der Waals surface area contributed by atoms with Crippen molar-refractivity contribution in [3.05, 3.63) is 59.9 Å². The topological polar surface area (TPSA) is 70.6 Å². The van der Waals surface area contributed by atoms with Crippen LogP contribution in [0.4, 0.5) is 14.9 Å². The molecule has 0 saturated heterocycles. The van der Waals surface area contributed by atoms with Gasteiger partial charge < -0.3 is 20.5 Å². The van der Waals surface area contributed by atoms with Gasteiger partial charge in [-0.15, -0.1) is 0 Å². The molecule has 0 bridgehead atoms. The summed E-state index contributed by atoms with van der Waals surface area (Å²) in [6.45, 7) is 0.358. The second-order valence-corrected chi connectivity index (χ2v) is 4.50. The number of aliphatic hydroxyl groups is 1. The van der Waals surface area contributed by atoms with Gasteiger partial charge in [0.25, 0.3) is 0 Å². The predicted molar refractivity (Wildman–Crippen MR) is 81.3 cm³/mol. The van der Waals surface area contributed by atoms with Gasteiger partial charge >= 0.3 is 6.03 Å². The fourth-order valence-electron chi connectivity index (χ4n) is 1.86. The van der Waals surface area contributed by atoms with Gasteiger partial charge in [-0.05, 0) is 24.3 Å². The average molecular weight is 304 g/mol. The Morgan fingerprint density at radius 1 is 1.18 bits per heavy atom. The van der Waals surface area contributed by atoms with Crippen molar-refractivity contribution in [1.82, 2.24) is 5.32 Å². The number of benzene rings is 2. The molecule has 0 heterocycles. The van der Waals surface area contributed by atoms with E-state index in [9.17, 15) is 9.18 Å². The van der Waals surface area contributed by atoms with E-state index in [-0.39, 0.29) is 19.8 Å². The summed E-state index contributed by atoms with van der Waals surface area (Å²) < 4.78 is 18.4. The first kappa shape index (κ1) is 15.8. The molecule has 0 aliphatic rings. The largest absolute Gasteiger partial charge is 0.491 e. The van der Waals surface area contributed by atoms with E-state index < -0.39 is 11.8 Å². The molecular formula is C16H17FN2O3. The number of rotatable bonds is 6. The van der Waals surface area contributed by atoms with Gasteiger partial charge in [0.1, 0.15) is 18.2 Å². The average Bonchev–Trinajstić information content (AvgIpc) is 2.51. The molecule has 0 aliphatic carbocycles. The molecule has 0 aromatic heterocycles. The van der Waals surface area contributed by atoms with Crippen LogP contribution < -0.4 is 15.4 Å². The number of para-hydroxylation sites is 1. The minimum atomic E-state index is -0.442. The molecular weight excluding hydrogens is 287 g/mol. The van der Waals surface area contributed by atoms with E-state index in [1.54, 1.807) is 12.1 Å². The van der Waals surface area contributed by atoms with Crippen LogP contribution in [-0.2, 0) is 6.54 Å². The van der Waals surface area contributed by atoms with Crippen molar-refractivity contribution in [3.63, 3.8) is 0 Å². The smallest absolute Gasteiger partial charge is 0.319 e. The zero-order valence-corrected chi connectivity index (χ0v) is 11.9. The van der Waals surface area contributed by atoms with E-state index in [4.69, 9.17) is 9.84 Å². The highest BCUT2D eigenvalue weighted by atomic mass is 19.1. The minimum Gasteiger partial charge on any atom is -0.491 e. The number of carbonyl (C=O) groups is 1. The number of aliphatic hydroxyl groups excluding tert-OH is 1. The Kier molecular flexibility index (Phi) is 5.73. The van der Waals surface area contributed by atoms with Gasteiger partial charge in [-0.3, -0.25) is 0 Å². The summed E-state index contributed by atoms with van der Waals surface area (Å²) >= 11 is 0. The van der Waals surface area contributed by atoms with E-state index in [1.165, 1.54) is 18.2 Å². The lowest BCUT2D eigenvalue weighted by atomic mass is 10.2. The summed E-state index contributed by atoms with van der Waals surface area (Å²) in [5.41, 5.74) is 1.16. The summed E-state index contributed by atoms with van der Waals surface area (Å²) in [6.07, 6.45) is 0. The summed E-state index contributed by atoms with van der Waals surface area (Å²) in [5, 5.41) is 14.0. The molecule has 2 amide bonds. The fourth-order valence-corrected chi connectivity index (χ4v) is 1.86. The Morgan fingerprint density at radius 2 is 2.00 bits per heavy atom. The zero-order chi connectivity index (χ0) is 15.8. The maximum atomic E-state index is 13.0. The minimum absolute atomic E-state index is 0.0815. The summed E-state index contributed by atoms with van der Waals surface area (Å²) in [5.74, 6) is 0.183. The van der Waals surface area contributed by atoms with Crippen molar-refractivity contribution >= 4 is 11.7 Å². The summed E-state index contributed by atoms with van der Waals surface area (Å²) in [4.78, 5) is 11.8. The van der Waals surface area contributed by atoms with Crippen molar-refractivity contribution in [2.24, 2.45) is 0 Å². The number of hydrogen-bond acceptors (Lipinski definition) is 3. The third-order valence-electron chi connectivity index (χ3n) is 2.84. The van der Waals surface area contributed by atoms with Crippen LogP contribution in [-0.4, -0.2) is 24.4 Å². The quantitative estimate of drug-likeness (QED) is 0.768.